The van der Waals surface area contributed by atoms with Crippen LogP contribution in [0, 0.1) is 5.92 Å². The molecule has 2 fully saturated rings. The number of nitrogens with zero attached hydrogens (tertiary/aromatic N) is 1. The number of hydrogen-bond donors (Lipinski definition) is 1. The highest BCUT2D eigenvalue weighted by Crippen LogP contribution is 2.20. The quantitative estimate of drug-likeness (QED) is 0.827. The largest absolute Gasteiger partial charge is 0.316 e. The zero-order valence-corrected chi connectivity index (χ0v) is 12.2. The van der Waals surface area contributed by atoms with E-state index in [-0.39, 0.29) is 6.04 Å². The third kappa shape index (κ3) is 3.93. The van der Waals surface area contributed by atoms with Gasteiger partial charge >= 0.3 is 0 Å². The summed E-state index contributed by atoms with van der Waals surface area (Å²) in [4.78, 5) is 2.40. The minimum Gasteiger partial charge on any atom is -0.316 e. The predicted molar refractivity (Wildman–Crippen MR) is 74.5 cm³/mol. The van der Waals surface area contributed by atoms with Crippen LogP contribution in [-0.2, 0) is 9.84 Å². The average molecular weight is 274 g/mol. The monoisotopic (exact) mass is 274 g/mol. The van der Waals surface area contributed by atoms with E-state index in [1.165, 1.54) is 12.8 Å². The molecule has 0 spiro atoms. The number of sulfone groups is 1. The van der Waals surface area contributed by atoms with Gasteiger partial charge in [-0.2, -0.15) is 0 Å². The molecule has 0 saturated carbocycles. The SMILES string of the molecule is CCN(CC1CCCNC1)C1CCCS(=O)(=O)C1. The summed E-state index contributed by atoms with van der Waals surface area (Å²) < 4.78 is 23.5. The lowest BCUT2D eigenvalue weighted by molar-refractivity contribution is 0.162. The Hall–Kier alpha value is -0.130. The molecule has 2 unspecified atom stereocenters. The van der Waals surface area contributed by atoms with E-state index in [0.717, 1.165) is 39.0 Å². The van der Waals surface area contributed by atoms with Gasteiger partial charge in [0, 0.05) is 12.6 Å². The van der Waals surface area contributed by atoms with Gasteiger partial charge in [-0.3, -0.25) is 4.90 Å². The lowest BCUT2D eigenvalue weighted by atomic mass is 9.98. The van der Waals surface area contributed by atoms with Crippen LogP contribution in [0.1, 0.15) is 32.6 Å². The molecule has 0 aromatic heterocycles. The Morgan fingerprint density at radius 2 is 2.11 bits per heavy atom. The van der Waals surface area contributed by atoms with Crippen LogP contribution < -0.4 is 5.32 Å². The van der Waals surface area contributed by atoms with E-state index in [1.807, 2.05) is 0 Å². The molecule has 0 aromatic carbocycles. The Balaban J connectivity index is 1.90. The van der Waals surface area contributed by atoms with Gasteiger partial charge in [-0.25, -0.2) is 8.42 Å². The Kier molecular flexibility index (Phi) is 5.04. The molecular formula is C13H26N2O2S. The van der Waals surface area contributed by atoms with E-state index >= 15 is 0 Å². The summed E-state index contributed by atoms with van der Waals surface area (Å²) in [5.41, 5.74) is 0. The number of hydrogen-bond acceptors (Lipinski definition) is 4. The van der Waals surface area contributed by atoms with Crippen molar-refractivity contribution in [3.8, 4) is 0 Å². The van der Waals surface area contributed by atoms with Gasteiger partial charge in [0.05, 0.1) is 11.5 Å². The summed E-state index contributed by atoms with van der Waals surface area (Å²) in [5.74, 6) is 1.47. The Bertz CT molecular complexity index is 350. The van der Waals surface area contributed by atoms with Crippen LogP contribution in [0.15, 0.2) is 0 Å². The number of piperidine rings is 1. The van der Waals surface area contributed by atoms with Crippen molar-refractivity contribution in [2.24, 2.45) is 5.92 Å². The minimum atomic E-state index is -2.79. The Morgan fingerprint density at radius 3 is 2.72 bits per heavy atom. The zero-order valence-electron chi connectivity index (χ0n) is 11.4. The second-order valence-electron chi connectivity index (χ2n) is 5.71. The van der Waals surface area contributed by atoms with Gasteiger partial charge in [0.25, 0.3) is 0 Å². The molecular weight excluding hydrogens is 248 g/mol. The van der Waals surface area contributed by atoms with E-state index in [4.69, 9.17) is 0 Å². The Morgan fingerprint density at radius 1 is 1.28 bits per heavy atom. The van der Waals surface area contributed by atoms with Gasteiger partial charge in [0.2, 0.25) is 0 Å². The fourth-order valence-electron chi connectivity index (χ4n) is 3.23. The van der Waals surface area contributed by atoms with Gasteiger partial charge < -0.3 is 5.32 Å². The molecule has 0 amide bonds. The maximum Gasteiger partial charge on any atom is 0.151 e. The van der Waals surface area contributed by atoms with Crippen molar-refractivity contribution in [1.82, 2.24) is 10.2 Å². The van der Waals surface area contributed by atoms with Gasteiger partial charge in [-0.05, 0) is 51.2 Å². The van der Waals surface area contributed by atoms with E-state index in [1.54, 1.807) is 0 Å². The minimum absolute atomic E-state index is 0.260. The van der Waals surface area contributed by atoms with Crippen molar-refractivity contribution >= 4 is 9.84 Å². The molecule has 18 heavy (non-hydrogen) atoms. The molecule has 5 heteroatoms. The third-order valence-corrected chi connectivity index (χ3v) is 6.06. The molecule has 2 aliphatic heterocycles. The first-order valence-electron chi connectivity index (χ1n) is 7.26. The molecule has 2 aliphatic rings. The first kappa shape index (κ1) is 14.3. The van der Waals surface area contributed by atoms with E-state index in [2.05, 4.69) is 17.1 Å². The van der Waals surface area contributed by atoms with Gasteiger partial charge in [-0.1, -0.05) is 6.92 Å². The summed E-state index contributed by atoms with van der Waals surface area (Å²) in [5, 5.41) is 3.44. The lowest BCUT2D eigenvalue weighted by Crippen LogP contribution is -2.47. The fraction of sp³-hybridized carbons (Fsp3) is 1.00. The van der Waals surface area contributed by atoms with Crippen molar-refractivity contribution in [2.45, 2.75) is 38.6 Å². The van der Waals surface area contributed by atoms with Crippen molar-refractivity contribution in [1.29, 1.82) is 0 Å². The van der Waals surface area contributed by atoms with Crippen LogP contribution in [0.3, 0.4) is 0 Å². The summed E-state index contributed by atoms with van der Waals surface area (Å²) in [7, 11) is -2.79. The van der Waals surface area contributed by atoms with Crippen molar-refractivity contribution < 1.29 is 8.42 Å². The van der Waals surface area contributed by atoms with Crippen molar-refractivity contribution in [2.75, 3.05) is 37.7 Å². The summed E-state index contributed by atoms with van der Waals surface area (Å²) >= 11 is 0. The Labute approximate surface area is 111 Å². The van der Waals surface area contributed by atoms with Crippen LogP contribution >= 0.6 is 0 Å². The molecule has 4 nitrogen and oxygen atoms in total. The zero-order chi connectivity index (χ0) is 13.0. The molecule has 0 bridgehead atoms. The second-order valence-corrected chi connectivity index (χ2v) is 7.94. The first-order chi connectivity index (χ1) is 8.61. The average Bonchev–Trinajstić information content (AvgIpc) is 2.36. The second kappa shape index (κ2) is 6.35. The molecule has 2 saturated heterocycles. The molecule has 0 aliphatic carbocycles. The molecule has 2 rings (SSSR count). The molecule has 1 N–H and O–H groups in total. The standard InChI is InChI=1S/C13H26N2O2S/c1-2-15(10-12-5-3-7-14-9-12)13-6-4-8-18(16,17)11-13/h12-14H,2-11H2,1H3. The van der Waals surface area contributed by atoms with Crippen LogP contribution in [0.2, 0.25) is 0 Å². The van der Waals surface area contributed by atoms with Crippen LogP contribution in [0.5, 0.6) is 0 Å². The van der Waals surface area contributed by atoms with Crippen LogP contribution in [0.4, 0.5) is 0 Å². The molecule has 0 aromatic rings. The number of nitrogens with one attached hydrogen (secondary N) is 1. The summed E-state index contributed by atoms with van der Waals surface area (Å²) in [6.07, 6.45) is 4.42. The molecule has 2 atom stereocenters. The third-order valence-electron chi connectivity index (χ3n) is 4.25. The van der Waals surface area contributed by atoms with E-state index < -0.39 is 9.84 Å². The topological polar surface area (TPSA) is 49.4 Å². The predicted octanol–water partition coefficient (Wildman–Crippen LogP) is 0.885. The van der Waals surface area contributed by atoms with Gasteiger partial charge in [0.1, 0.15) is 0 Å². The molecule has 0 radical (unpaired) electrons. The highest BCUT2D eigenvalue weighted by atomic mass is 32.2. The smallest absolute Gasteiger partial charge is 0.151 e. The summed E-state index contributed by atoms with van der Waals surface area (Å²) in [6, 6.07) is 0.260. The normalized spacial score (nSPS) is 32.6. The first-order valence-corrected chi connectivity index (χ1v) is 9.08. The van der Waals surface area contributed by atoms with Crippen molar-refractivity contribution in [3.05, 3.63) is 0 Å². The van der Waals surface area contributed by atoms with E-state index in [9.17, 15) is 8.42 Å². The van der Waals surface area contributed by atoms with Gasteiger partial charge in [0.15, 0.2) is 9.84 Å². The lowest BCUT2D eigenvalue weighted by Gasteiger charge is -2.36. The fourth-order valence-corrected chi connectivity index (χ4v) is 4.97. The van der Waals surface area contributed by atoms with Crippen LogP contribution in [0.25, 0.3) is 0 Å². The molecule has 2 heterocycles. The maximum absolute atomic E-state index is 11.7. The highest BCUT2D eigenvalue weighted by molar-refractivity contribution is 7.91. The van der Waals surface area contributed by atoms with Crippen LogP contribution in [-0.4, -0.2) is 57.0 Å². The number of rotatable bonds is 4. The highest BCUT2D eigenvalue weighted by Gasteiger charge is 2.29. The summed E-state index contributed by atoms with van der Waals surface area (Å²) in [6.45, 7) is 6.41. The van der Waals surface area contributed by atoms with E-state index in [0.29, 0.717) is 17.4 Å². The van der Waals surface area contributed by atoms with Gasteiger partial charge in [-0.15, -0.1) is 0 Å². The maximum atomic E-state index is 11.7. The van der Waals surface area contributed by atoms with Crippen molar-refractivity contribution in [3.63, 3.8) is 0 Å². The molecule has 106 valence electrons.